The highest BCUT2D eigenvalue weighted by molar-refractivity contribution is 5.96. The maximum absolute atomic E-state index is 14.1. The number of alkyl carbamates (subject to hydrolysis) is 1. The van der Waals surface area contributed by atoms with Crippen LogP contribution in [0.25, 0.3) is 10.9 Å². The number of nitrogens with zero attached hydrogens (tertiary/aromatic N) is 2. The summed E-state index contributed by atoms with van der Waals surface area (Å²) < 4.78 is 16.7. The zero-order valence-electron chi connectivity index (χ0n) is 25.5. The molecule has 3 aromatic rings. The Morgan fingerprint density at radius 1 is 1.10 bits per heavy atom. The molecule has 0 bridgehead atoms. The number of carbonyl (C=O) groups excluding carboxylic acids is 3. The number of aromatic nitrogens is 1. The van der Waals surface area contributed by atoms with Gasteiger partial charge in [0.1, 0.15) is 29.5 Å². The van der Waals surface area contributed by atoms with E-state index >= 15 is 0 Å². The van der Waals surface area contributed by atoms with Crippen LogP contribution in [0.3, 0.4) is 0 Å². The second-order valence-electron chi connectivity index (χ2n) is 12.2. The number of amides is 2. The highest BCUT2D eigenvalue weighted by Gasteiger charge is 2.52. The van der Waals surface area contributed by atoms with Gasteiger partial charge in [0.2, 0.25) is 0 Å². The first-order valence-electron chi connectivity index (χ1n) is 14.3. The molecule has 9 heteroatoms. The van der Waals surface area contributed by atoms with Gasteiger partial charge in [0.25, 0.3) is 5.91 Å². The third-order valence-corrected chi connectivity index (χ3v) is 7.28. The molecule has 2 heterocycles. The molecule has 2 aromatic carbocycles. The summed E-state index contributed by atoms with van der Waals surface area (Å²) in [5.74, 6) is -0.0998. The summed E-state index contributed by atoms with van der Waals surface area (Å²) in [6.07, 6.45) is -0.00724. The van der Waals surface area contributed by atoms with Crippen LogP contribution < -0.4 is 10.1 Å². The largest absolute Gasteiger partial charge is 0.489 e. The van der Waals surface area contributed by atoms with Crippen LogP contribution in [0.4, 0.5) is 4.79 Å². The minimum absolute atomic E-state index is 0.147. The van der Waals surface area contributed by atoms with Crippen molar-refractivity contribution in [2.45, 2.75) is 78.2 Å². The highest BCUT2D eigenvalue weighted by Crippen LogP contribution is 2.37. The van der Waals surface area contributed by atoms with E-state index in [-0.39, 0.29) is 24.8 Å². The molecule has 224 valence electrons. The van der Waals surface area contributed by atoms with Crippen LogP contribution in [0.1, 0.15) is 64.3 Å². The first kappa shape index (κ1) is 30.8. The van der Waals surface area contributed by atoms with E-state index in [1.54, 1.807) is 45.0 Å². The van der Waals surface area contributed by atoms with Crippen molar-refractivity contribution in [3.05, 3.63) is 71.4 Å². The summed E-state index contributed by atoms with van der Waals surface area (Å²) in [6, 6.07) is 16.3. The molecule has 1 aliphatic heterocycles. The molecule has 4 rings (SSSR count). The van der Waals surface area contributed by atoms with Crippen LogP contribution in [-0.2, 0) is 31.2 Å². The number of aryl methyl sites for hydroxylation is 1. The number of hydrogen-bond donors (Lipinski definition) is 1. The van der Waals surface area contributed by atoms with Crippen LogP contribution in [0.5, 0.6) is 5.75 Å². The van der Waals surface area contributed by atoms with Crippen molar-refractivity contribution in [3.8, 4) is 5.75 Å². The average molecular weight is 576 g/mol. The summed E-state index contributed by atoms with van der Waals surface area (Å²) in [5.41, 5.74) is 1.24. The smallest absolute Gasteiger partial charge is 0.408 e. The fourth-order valence-corrected chi connectivity index (χ4v) is 5.42. The minimum atomic E-state index is -1.41. The number of benzene rings is 2. The first-order valence-corrected chi connectivity index (χ1v) is 14.3. The van der Waals surface area contributed by atoms with Crippen molar-refractivity contribution < 1.29 is 28.6 Å². The maximum Gasteiger partial charge on any atom is 0.408 e. The minimum Gasteiger partial charge on any atom is -0.489 e. The SMILES string of the molecule is COC(=O)[C@@H](CC(C)C)N1CC[C@@](NC(=O)OC(C)(C)C)(c2ccc(OCc3cc(C)nc4ccccc34)cc2)C1=O. The van der Waals surface area contributed by atoms with Crippen molar-refractivity contribution in [1.82, 2.24) is 15.2 Å². The summed E-state index contributed by atoms with van der Waals surface area (Å²) in [6.45, 7) is 11.8. The predicted molar refractivity (Wildman–Crippen MR) is 160 cm³/mol. The van der Waals surface area contributed by atoms with Crippen molar-refractivity contribution in [3.63, 3.8) is 0 Å². The molecular weight excluding hydrogens is 534 g/mol. The molecule has 0 spiro atoms. The van der Waals surface area contributed by atoms with Gasteiger partial charge in [0.05, 0.1) is 12.6 Å². The Morgan fingerprint density at radius 3 is 2.43 bits per heavy atom. The van der Waals surface area contributed by atoms with Crippen molar-refractivity contribution in [2.75, 3.05) is 13.7 Å². The quantitative estimate of drug-likeness (QED) is 0.328. The number of likely N-dealkylation sites (tertiary alicyclic amines) is 1. The number of fused-ring (bicyclic) bond motifs is 1. The fourth-order valence-electron chi connectivity index (χ4n) is 5.42. The zero-order chi connectivity index (χ0) is 30.7. The average Bonchev–Trinajstić information content (AvgIpc) is 3.24. The van der Waals surface area contributed by atoms with Gasteiger partial charge < -0.3 is 24.4 Å². The van der Waals surface area contributed by atoms with Crippen LogP contribution in [0.15, 0.2) is 54.6 Å². The van der Waals surface area contributed by atoms with E-state index in [2.05, 4.69) is 10.3 Å². The Bertz CT molecular complexity index is 1450. The number of rotatable bonds is 9. The number of methoxy groups -OCH3 is 1. The van der Waals surface area contributed by atoms with E-state index in [4.69, 9.17) is 14.2 Å². The van der Waals surface area contributed by atoms with Crippen molar-refractivity contribution in [1.29, 1.82) is 0 Å². The van der Waals surface area contributed by atoms with E-state index in [9.17, 15) is 14.4 Å². The molecule has 0 aliphatic carbocycles. The van der Waals surface area contributed by atoms with Gasteiger partial charge in [-0.3, -0.25) is 9.78 Å². The molecule has 9 nitrogen and oxygen atoms in total. The number of pyridine rings is 1. The topological polar surface area (TPSA) is 107 Å². The summed E-state index contributed by atoms with van der Waals surface area (Å²) in [5, 5.41) is 3.89. The number of hydrogen-bond acceptors (Lipinski definition) is 7. The van der Waals surface area contributed by atoms with Crippen LogP contribution in [0.2, 0.25) is 0 Å². The molecule has 1 saturated heterocycles. The molecule has 1 fully saturated rings. The summed E-state index contributed by atoms with van der Waals surface area (Å²) >= 11 is 0. The monoisotopic (exact) mass is 575 g/mol. The molecular formula is C33H41N3O6. The lowest BCUT2D eigenvalue weighted by Crippen LogP contribution is -2.55. The lowest BCUT2D eigenvalue weighted by Gasteiger charge is -2.33. The molecule has 0 radical (unpaired) electrons. The van der Waals surface area contributed by atoms with Gasteiger partial charge in [0.15, 0.2) is 0 Å². The number of carbonyl (C=O) groups is 3. The lowest BCUT2D eigenvalue weighted by molar-refractivity contribution is -0.153. The number of ether oxygens (including phenoxy) is 3. The summed E-state index contributed by atoms with van der Waals surface area (Å²) in [7, 11) is 1.32. The maximum atomic E-state index is 14.1. The van der Waals surface area contributed by atoms with E-state index in [0.717, 1.165) is 22.2 Å². The van der Waals surface area contributed by atoms with Gasteiger partial charge in [-0.15, -0.1) is 0 Å². The van der Waals surface area contributed by atoms with E-state index in [1.807, 2.05) is 51.1 Å². The molecule has 2 amide bonds. The standard InChI is InChI=1S/C33H41N3O6/c1-21(2)18-28(29(37)40-7)36-17-16-33(30(36)38,35-31(39)42-32(4,5)6)24-12-14-25(15-13-24)41-20-23-19-22(3)34-27-11-9-8-10-26(23)27/h8-15,19,21,28H,16-18,20H2,1-7H3,(H,35,39)/t28-,33-/m1/s1. The third kappa shape index (κ3) is 6.83. The second-order valence-corrected chi connectivity index (χ2v) is 12.2. The molecule has 1 aliphatic rings. The zero-order valence-corrected chi connectivity index (χ0v) is 25.5. The number of nitrogens with one attached hydrogen (secondary N) is 1. The van der Waals surface area contributed by atoms with Gasteiger partial charge in [-0.2, -0.15) is 0 Å². The molecule has 0 unspecified atom stereocenters. The van der Waals surface area contributed by atoms with E-state index in [0.29, 0.717) is 24.3 Å². The number of esters is 1. The lowest BCUT2D eigenvalue weighted by atomic mass is 9.88. The Labute approximate surface area is 247 Å². The normalized spacial score (nSPS) is 17.8. The fraction of sp³-hybridized carbons (Fsp3) is 0.455. The van der Waals surface area contributed by atoms with Gasteiger partial charge in [-0.25, -0.2) is 9.59 Å². The van der Waals surface area contributed by atoms with E-state index in [1.165, 1.54) is 12.0 Å². The van der Waals surface area contributed by atoms with E-state index < -0.39 is 29.2 Å². The van der Waals surface area contributed by atoms with Gasteiger partial charge >= 0.3 is 12.1 Å². The number of para-hydroxylation sites is 1. The van der Waals surface area contributed by atoms with Crippen molar-refractivity contribution >= 4 is 28.9 Å². The van der Waals surface area contributed by atoms with Gasteiger partial charge in [0, 0.05) is 29.6 Å². The first-order chi connectivity index (χ1) is 19.8. The third-order valence-electron chi connectivity index (χ3n) is 7.28. The molecule has 1 N–H and O–H groups in total. The Hall–Kier alpha value is -4.14. The molecule has 42 heavy (non-hydrogen) atoms. The second kappa shape index (κ2) is 12.4. The Morgan fingerprint density at radius 2 is 1.79 bits per heavy atom. The van der Waals surface area contributed by atoms with Crippen LogP contribution in [0, 0.1) is 12.8 Å². The molecule has 1 aromatic heterocycles. The summed E-state index contributed by atoms with van der Waals surface area (Å²) in [4.78, 5) is 46.0. The predicted octanol–water partition coefficient (Wildman–Crippen LogP) is 5.66. The van der Waals surface area contributed by atoms with Crippen LogP contribution in [-0.4, -0.2) is 53.2 Å². The molecule has 0 saturated carbocycles. The van der Waals surface area contributed by atoms with Gasteiger partial charge in [-0.05, 0) is 69.9 Å². The highest BCUT2D eigenvalue weighted by atomic mass is 16.6. The molecule has 2 atom stereocenters. The van der Waals surface area contributed by atoms with Gasteiger partial charge in [-0.1, -0.05) is 44.2 Å². The Kier molecular flexibility index (Phi) is 9.09. The Balaban J connectivity index is 1.62. The van der Waals surface area contributed by atoms with Crippen molar-refractivity contribution in [2.24, 2.45) is 5.92 Å². The van der Waals surface area contributed by atoms with Crippen LogP contribution >= 0.6 is 0 Å².